The Bertz CT molecular complexity index is 3500. The summed E-state index contributed by atoms with van der Waals surface area (Å²) in [6.07, 6.45) is 0. The number of rotatable bonds is 4. The molecule has 0 amide bonds. The van der Waals surface area contributed by atoms with Crippen molar-refractivity contribution in [1.82, 2.24) is 19.5 Å². The highest BCUT2D eigenvalue weighted by molar-refractivity contribution is 6.17. The quantitative estimate of drug-likeness (QED) is 0.182. The molecule has 0 aliphatic rings. The van der Waals surface area contributed by atoms with Crippen LogP contribution in [-0.2, 0) is 0 Å². The van der Waals surface area contributed by atoms with Crippen molar-refractivity contribution >= 4 is 76.5 Å². The third kappa shape index (κ3) is 4.52. The zero-order valence-electron chi connectivity index (χ0n) is 29.3. The van der Waals surface area contributed by atoms with Gasteiger partial charge < -0.3 is 13.4 Å². The molecule has 0 aliphatic carbocycles. The van der Waals surface area contributed by atoms with E-state index in [1.165, 1.54) is 21.5 Å². The summed E-state index contributed by atoms with van der Waals surface area (Å²) in [5.41, 5.74) is 8.84. The fourth-order valence-corrected chi connectivity index (χ4v) is 8.32. The predicted molar refractivity (Wildman–Crippen MR) is 223 cm³/mol. The van der Waals surface area contributed by atoms with Crippen LogP contribution >= 0.6 is 0 Å². The second-order valence-corrected chi connectivity index (χ2v) is 14.0. The average molecular weight is 705 g/mol. The summed E-state index contributed by atoms with van der Waals surface area (Å²) in [5.74, 6) is 1.64. The number of hydrogen-bond acceptors (Lipinski definition) is 5. The molecule has 6 heteroatoms. The highest BCUT2D eigenvalue weighted by Gasteiger charge is 2.23. The number of hydrogen-bond donors (Lipinski definition) is 0. The van der Waals surface area contributed by atoms with Gasteiger partial charge in [0.1, 0.15) is 22.3 Å². The van der Waals surface area contributed by atoms with E-state index in [2.05, 4.69) is 102 Å². The van der Waals surface area contributed by atoms with Gasteiger partial charge in [-0.3, -0.25) is 0 Å². The Morgan fingerprint density at radius 2 is 1.02 bits per heavy atom. The molecule has 12 aromatic rings. The van der Waals surface area contributed by atoms with Crippen LogP contribution in [0.15, 0.2) is 179 Å². The van der Waals surface area contributed by atoms with E-state index in [1.807, 2.05) is 72.8 Å². The SMILES string of the molecule is c1ccc(-c2nc(-c3cc(-n4c5ccccc5c5cc6ccccc6cc54)c4c(c3)oc3ccccc34)nc(-c3cccc4c3oc3ccccc34)n2)cc1. The van der Waals surface area contributed by atoms with Crippen molar-refractivity contribution in [3.8, 4) is 39.9 Å². The van der Waals surface area contributed by atoms with Gasteiger partial charge in [0.25, 0.3) is 0 Å². The maximum atomic E-state index is 6.67. The maximum absolute atomic E-state index is 6.67. The normalized spacial score (nSPS) is 12.0. The fourth-order valence-electron chi connectivity index (χ4n) is 8.32. The van der Waals surface area contributed by atoms with Crippen molar-refractivity contribution in [1.29, 1.82) is 0 Å². The van der Waals surface area contributed by atoms with Crippen LogP contribution in [0.5, 0.6) is 0 Å². The summed E-state index contributed by atoms with van der Waals surface area (Å²) in [7, 11) is 0. The van der Waals surface area contributed by atoms with Gasteiger partial charge in [0.2, 0.25) is 0 Å². The minimum absolute atomic E-state index is 0.531. The number of furan rings is 2. The van der Waals surface area contributed by atoms with Gasteiger partial charge in [-0.15, -0.1) is 0 Å². The van der Waals surface area contributed by atoms with Gasteiger partial charge in [-0.1, -0.05) is 121 Å². The van der Waals surface area contributed by atoms with Crippen molar-refractivity contribution < 1.29 is 8.83 Å². The van der Waals surface area contributed by atoms with Crippen molar-refractivity contribution in [2.24, 2.45) is 0 Å². The van der Waals surface area contributed by atoms with Crippen LogP contribution in [0.3, 0.4) is 0 Å². The molecule has 4 heterocycles. The smallest absolute Gasteiger partial charge is 0.167 e. The molecule has 4 aromatic heterocycles. The van der Waals surface area contributed by atoms with Crippen LogP contribution in [0.1, 0.15) is 0 Å². The lowest BCUT2D eigenvalue weighted by molar-refractivity contribution is 0.668. The molecule has 0 bridgehead atoms. The van der Waals surface area contributed by atoms with Crippen molar-refractivity contribution in [2.45, 2.75) is 0 Å². The number of fused-ring (bicyclic) bond motifs is 10. The average Bonchev–Trinajstić information content (AvgIpc) is 3.92. The van der Waals surface area contributed by atoms with E-state index in [9.17, 15) is 0 Å². The summed E-state index contributed by atoms with van der Waals surface area (Å²) in [5, 5.41) is 8.89. The van der Waals surface area contributed by atoms with Gasteiger partial charge in [-0.05, 0) is 59.3 Å². The third-order valence-corrected chi connectivity index (χ3v) is 10.8. The lowest BCUT2D eigenvalue weighted by Gasteiger charge is -2.13. The van der Waals surface area contributed by atoms with E-state index >= 15 is 0 Å². The minimum Gasteiger partial charge on any atom is -0.456 e. The van der Waals surface area contributed by atoms with Crippen molar-refractivity contribution in [3.63, 3.8) is 0 Å². The van der Waals surface area contributed by atoms with E-state index in [4.69, 9.17) is 23.8 Å². The molecule has 0 fully saturated rings. The van der Waals surface area contributed by atoms with Crippen LogP contribution in [0, 0.1) is 0 Å². The lowest BCUT2D eigenvalue weighted by atomic mass is 10.0. The molecule has 0 radical (unpaired) electrons. The third-order valence-electron chi connectivity index (χ3n) is 10.8. The van der Waals surface area contributed by atoms with Gasteiger partial charge in [-0.25, -0.2) is 15.0 Å². The Labute approximate surface area is 313 Å². The number of benzene rings is 8. The van der Waals surface area contributed by atoms with E-state index in [0.29, 0.717) is 17.5 Å². The maximum Gasteiger partial charge on any atom is 0.167 e. The fraction of sp³-hybridized carbons (Fsp3) is 0. The minimum atomic E-state index is 0.531. The number of nitrogens with zero attached hydrogens (tertiary/aromatic N) is 4. The molecule has 55 heavy (non-hydrogen) atoms. The molecular weight excluding hydrogens is 677 g/mol. The second-order valence-electron chi connectivity index (χ2n) is 14.0. The molecule has 0 spiro atoms. The molecule has 0 saturated carbocycles. The van der Waals surface area contributed by atoms with E-state index < -0.39 is 0 Å². The summed E-state index contributed by atoms with van der Waals surface area (Å²) >= 11 is 0. The Hall–Kier alpha value is -7.57. The first-order valence-corrected chi connectivity index (χ1v) is 18.4. The Kier molecular flexibility index (Phi) is 6.24. The van der Waals surface area contributed by atoms with Crippen LogP contribution < -0.4 is 0 Å². The summed E-state index contributed by atoms with van der Waals surface area (Å²) in [6, 6.07) is 58.6. The van der Waals surface area contributed by atoms with E-state index in [0.717, 1.165) is 77.3 Å². The first kappa shape index (κ1) is 29.9. The Morgan fingerprint density at radius 1 is 0.382 bits per heavy atom. The monoisotopic (exact) mass is 704 g/mol. The van der Waals surface area contributed by atoms with Crippen LogP contribution in [-0.4, -0.2) is 19.5 Å². The molecule has 0 N–H and O–H groups in total. The topological polar surface area (TPSA) is 69.9 Å². The standard InChI is InChI=1S/C49H28N4O2/c1-2-13-29(14-3-1)47-50-48(52-49(51-47)37-21-12-20-35-34-18-7-10-23-42(34)55-46(35)37)32-27-41(45-36-19-8-11-24-43(36)54-44(45)28-32)53-39-22-9-6-17-33(39)38-25-30-15-4-5-16-31(30)26-40(38)53/h1-28H. The van der Waals surface area contributed by atoms with Crippen LogP contribution in [0.4, 0.5) is 0 Å². The summed E-state index contributed by atoms with van der Waals surface area (Å²) in [4.78, 5) is 15.5. The van der Waals surface area contributed by atoms with Gasteiger partial charge in [0, 0.05) is 38.1 Å². The van der Waals surface area contributed by atoms with Crippen molar-refractivity contribution in [3.05, 3.63) is 170 Å². The number of para-hydroxylation sites is 4. The highest BCUT2D eigenvalue weighted by atomic mass is 16.3. The first-order valence-electron chi connectivity index (χ1n) is 18.4. The van der Waals surface area contributed by atoms with Gasteiger partial charge >= 0.3 is 0 Å². The van der Waals surface area contributed by atoms with E-state index in [1.54, 1.807) is 0 Å². The Balaban J connectivity index is 1.18. The Morgan fingerprint density at radius 3 is 1.85 bits per heavy atom. The lowest BCUT2D eigenvalue weighted by Crippen LogP contribution is -2.01. The zero-order valence-corrected chi connectivity index (χ0v) is 29.3. The summed E-state index contributed by atoms with van der Waals surface area (Å²) in [6.45, 7) is 0. The van der Waals surface area contributed by atoms with Gasteiger partial charge in [-0.2, -0.15) is 0 Å². The van der Waals surface area contributed by atoms with Crippen LogP contribution in [0.2, 0.25) is 0 Å². The molecule has 6 nitrogen and oxygen atoms in total. The predicted octanol–water partition coefficient (Wildman–Crippen LogP) is 12.9. The molecule has 0 aliphatic heterocycles. The van der Waals surface area contributed by atoms with Gasteiger partial charge in [0.05, 0.1) is 27.7 Å². The van der Waals surface area contributed by atoms with Crippen molar-refractivity contribution in [2.75, 3.05) is 0 Å². The highest BCUT2D eigenvalue weighted by Crippen LogP contribution is 2.42. The molecule has 0 atom stereocenters. The summed E-state index contributed by atoms with van der Waals surface area (Å²) < 4.78 is 15.5. The zero-order chi connectivity index (χ0) is 36.0. The molecule has 8 aromatic carbocycles. The van der Waals surface area contributed by atoms with Gasteiger partial charge in [0.15, 0.2) is 17.5 Å². The first-order chi connectivity index (χ1) is 27.2. The molecule has 12 rings (SSSR count). The molecule has 0 unspecified atom stereocenters. The second kappa shape index (κ2) is 11.5. The largest absolute Gasteiger partial charge is 0.456 e. The molecule has 256 valence electrons. The van der Waals surface area contributed by atoms with Crippen LogP contribution in [0.25, 0.3) is 116 Å². The van der Waals surface area contributed by atoms with E-state index in [-0.39, 0.29) is 0 Å². The molecule has 0 saturated heterocycles. The number of aromatic nitrogens is 4. The molecular formula is C49H28N4O2.